The first kappa shape index (κ1) is 11.1. The van der Waals surface area contributed by atoms with Gasteiger partial charge in [-0.2, -0.15) is 4.98 Å². The van der Waals surface area contributed by atoms with Crippen molar-refractivity contribution < 1.29 is 4.74 Å². The molecule has 0 aromatic carbocycles. The van der Waals surface area contributed by atoms with Crippen LogP contribution in [0.3, 0.4) is 0 Å². The first-order chi connectivity index (χ1) is 7.79. The van der Waals surface area contributed by atoms with Crippen molar-refractivity contribution in [3.63, 3.8) is 0 Å². The minimum atomic E-state index is 0.308. The van der Waals surface area contributed by atoms with E-state index >= 15 is 0 Å². The van der Waals surface area contributed by atoms with Gasteiger partial charge in [-0.1, -0.05) is 0 Å². The molecule has 6 nitrogen and oxygen atoms in total. The number of nitrogens with one attached hydrogen (secondary N) is 1. The highest BCUT2D eigenvalue weighted by Gasteiger charge is 2.13. The number of aromatic nitrogens is 2. The lowest BCUT2D eigenvalue weighted by Crippen LogP contribution is -2.44. The number of methoxy groups -OCH3 is 1. The molecule has 0 atom stereocenters. The highest BCUT2D eigenvalue weighted by molar-refractivity contribution is 5.43. The van der Waals surface area contributed by atoms with Crippen molar-refractivity contribution in [2.75, 3.05) is 43.9 Å². The monoisotopic (exact) mass is 223 g/mol. The summed E-state index contributed by atoms with van der Waals surface area (Å²) in [6.45, 7) is 4.31. The van der Waals surface area contributed by atoms with Gasteiger partial charge in [0.15, 0.2) is 0 Å². The molecular weight excluding hydrogens is 206 g/mol. The van der Waals surface area contributed by atoms with E-state index in [0.29, 0.717) is 12.6 Å². The van der Waals surface area contributed by atoms with Crippen LogP contribution in [0.15, 0.2) is 6.07 Å². The Morgan fingerprint density at radius 2 is 2.19 bits per heavy atom. The molecule has 88 valence electrons. The normalized spacial score (nSPS) is 16.4. The molecule has 16 heavy (non-hydrogen) atoms. The lowest BCUT2D eigenvalue weighted by Gasteiger charge is -2.28. The van der Waals surface area contributed by atoms with Crippen molar-refractivity contribution in [1.82, 2.24) is 15.3 Å². The van der Waals surface area contributed by atoms with Crippen molar-refractivity contribution in [3.05, 3.63) is 11.8 Å². The van der Waals surface area contributed by atoms with E-state index in [2.05, 4.69) is 20.2 Å². The lowest BCUT2D eigenvalue weighted by molar-refractivity contribution is 0.181. The number of ether oxygens (including phenoxy) is 1. The summed E-state index contributed by atoms with van der Waals surface area (Å²) in [4.78, 5) is 10.6. The summed E-state index contributed by atoms with van der Waals surface area (Å²) in [7, 11) is 1.64. The second-order valence-corrected chi connectivity index (χ2v) is 3.75. The van der Waals surface area contributed by atoms with Crippen LogP contribution in [-0.4, -0.2) is 43.3 Å². The summed E-state index contributed by atoms with van der Waals surface area (Å²) in [5, 5.41) is 3.30. The smallest absolute Gasteiger partial charge is 0.222 e. The molecule has 1 aromatic rings. The molecule has 0 radical (unpaired) electrons. The van der Waals surface area contributed by atoms with Crippen LogP contribution in [0.5, 0.6) is 0 Å². The molecule has 0 bridgehead atoms. The van der Waals surface area contributed by atoms with Gasteiger partial charge in [0.2, 0.25) is 5.95 Å². The van der Waals surface area contributed by atoms with Gasteiger partial charge in [-0.25, -0.2) is 4.98 Å². The van der Waals surface area contributed by atoms with Crippen LogP contribution in [0, 0.1) is 0 Å². The van der Waals surface area contributed by atoms with Crippen molar-refractivity contribution in [1.29, 1.82) is 0 Å². The number of rotatable bonds is 3. The SMILES string of the molecule is COCc1cc(N2CCNCC2)nc(N)n1. The molecule has 1 saturated heterocycles. The van der Waals surface area contributed by atoms with E-state index in [1.165, 1.54) is 0 Å². The molecule has 0 spiro atoms. The van der Waals surface area contributed by atoms with E-state index in [0.717, 1.165) is 37.7 Å². The second-order valence-electron chi connectivity index (χ2n) is 3.75. The fourth-order valence-corrected chi connectivity index (χ4v) is 1.78. The van der Waals surface area contributed by atoms with Gasteiger partial charge in [0.25, 0.3) is 0 Å². The Hall–Kier alpha value is -1.40. The maximum Gasteiger partial charge on any atom is 0.222 e. The topological polar surface area (TPSA) is 76.3 Å². The van der Waals surface area contributed by atoms with E-state index < -0.39 is 0 Å². The number of nitrogens with zero attached hydrogens (tertiary/aromatic N) is 3. The zero-order chi connectivity index (χ0) is 11.4. The summed E-state index contributed by atoms with van der Waals surface area (Å²) in [6.07, 6.45) is 0. The zero-order valence-electron chi connectivity index (χ0n) is 9.44. The summed E-state index contributed by atoms with van der Waals surface area (Å²) in [5.41, 5.74) is 6.50. The minimum absolute atomic E-state index is 0.308. The van der Waals surface area contributed by atoms with Crippen molar-refractivity contribution >= 4 is 11.8 Å². The lowest BCUT2D eigenvalue weighted by atomic mass is 10.3. The molecule has 1 aliphatic rings. The number of anilines is 2. The Bertz CT molecular complexity index is 351. The highest BCUT2D eigenvalue weighted by atomic mass is 16.5. The molecule has 6 heteroatoms. The standard InChI is InChI=1S/C10H17N5O/c1-16-7-8-6-9(14-10(11)13-8)15-4-2-12-3-5-15/h6,12H,2-5,7H2,1H3,(H2,11,13,14). The van der Waals surface area contributed by atoms with E-state index in [-0.39, 0.29) is 0 Å². The van der Waals surface area contributed by atoms with Crippen LogP contribution in [0.2, 0.25) is 0 Å². The van der Waals surface area contributed by atoms with E-state index in [1.54, 1.807) is 7.11 Å². The molecule has 3 N–H and O–H groups in total. The van der Waals surface area contributed by atoms with Crippen molar-refractivity contribution in [2.45, 2.75) is 6.61 Å². The predicted octanol–water partition coefficient (Wildman–Crippen LogP) is -0.385. The summed E-state index contributed by atoms with van der Waals surface area (Å²) >= 11 is 0. The molecule has 0 unspecified atom stereocenters. The maximum atomic E-state index is 5.68. The second kappa shape index (κ2) is 5.09. The number of nitrogen functional groups attached to an aromatic ring is 1. The van der Waals surface area contributed by atoms with Gasteiger partial charge < -0.3 is 20.7 Å². The highest BCUT2D eigenvalue weighted by Crippen LogP contribution is 2.14. The van der Waals surface area contributed by atoms with Gasteiger partial charge in [0, 0.05) is 39.4 Å². The Kier molecular flexibility index (Phi) is 3.53. The maximum absolute atomic E-state index is 5.68. The molecule has 0 saturated carbocycles. The van der Waals surface area contributed by atoms with Gasteiger partial charge in [-0.05, 0) is 0 Å². The number of hydrogen-bond donors (Lipinski definition) is 2. The number of piperazine rings is 1. The molecule has 2 rings (SSSR count). The molecule has 1 fully saturated rings. The minimum Gasteiger partial charge on any atom is -0.378 e. The Morgan fingerprint density at radius 1 is 1.44 bits per heavy atom. The van der Waals surface area contributed by atoms with Crippen LogP contribution in [-0.2, 0) is 11.3 Å². The quantitative estimate of drug-likeness (QED) is 0.727. The first-order valence-electron chi connectivity index (χ1n) is 5.37. The van der Waals surface area contributed by atoms with Crippen LogP contribution in [0.4, 0.5) is 11.8 Å². The van der Waals surface area contributed by atoms with E-state index in [4.69, 9.17) is 10.5 Å². The number of nitrogens with two attached hydrogens (primary N) is 1. The molecule has 0 aliphatic carbocycles. The molecule has 1 aromatic heterocycles. The van der Waals surface area contributed by atoms with E-state index in [9.17, 15) is 0 Å². The van der Waals surface area contributed by atoms with Gasteiger partial charge in [0.05, 0.1) is 12.3 Å². The molecule has 0 amide bonds. The molecule has 1 aliphatic heterocycles. The molecular formula is C10H17N5O. The third kappa shape index (κ3) is 2.59. The van der Waals surface area contributed by atoms with Crippen LogP contribution in [0.25, 0.3) is 0 Å². The van der Waals surface area contributed by atoms with Gasteiger partial charge in [-0.3, -0.25) is 0 Å². The van der Waals surface area contributed by atoms with Crippen LogP contribution >= 0.6 is 0 Å². The largest absolute Gasteiger partial charge is 0.378 e. The summed E-state index contributed by atoms with van der Waals surface area (Å²) in [6, 6.07) is 1.94. The Morgan fingerprint density at radius 3 is 2.88 bits per heavy atom. The fourth-order valence-electron chi connectivity index (χ4n) is 1.78. The van der Waals surface area contributed by atoms with Gasteiger partial charge in [-0.15, -0.1) is 0 Å². The Balaban J connectivity index is 2.18. The van der Waals surface area contributed by atoms with Crippen molar-refractivity contribution in [2.24, 2.45) is 0 Å². The number of hydrogen-bond acceptors (Lipinski definition) is 6. The Labute approximate surface area is 94.8 Å². The van der Waals surface area contributed by atoms with Gasteiger partial charge >= 0.3 is 0 Å². The first-order valence-corrected chi connectivity index (χ1v) is 5.37. The summed E-state index contributed by atoms with van der Waals surface area (Å²) < 4.78 is 5.05. The van der Waals surface area contributed by atoms with Crippen LogP contribution in [0.1, 0.15) is 5.69 Å². The zero-order valence-corrected chi connectivity index (χ0v) is 9.44. The third-order valence-electron chi connectivity index (χ3n) is 2.52. The van der Waals surface area contributed by atoms with E-state index in [1.807, 2.05) is 6.07 Å². The average molecular weight is 223 g/mol. The predicted molar refractivity (Wildman–Crippen MR) is 62.2 cm³/mol. The summed E-state index contributed by atoms with van der Waals surface area (Å²) in [5.74, 6) is 1.20. The van der Waals surface area contributed by atoms with Crippen LogP contribution < -0.4 is 16.0 Å². The average Bonchev–Trinajstić information content (AvgIpc) is 2.30. The molecule has 2 heterocycles. The third-order valence-corrected chi connectivity index (χ3v) is 2.52. The van der Waals surface area contributed by atoms with Crippen molar-refractivity contribution in [3.8, 4) is 0 Å². The van der Waals surface area contributed by atoms with Gasteiger partial charge in [0.1, 0.15) is 5.82 Å². The fraction of sp³-hybridized carbons (Fsp3) is 0.600.